The predicted octanol–water partition coefficient (Wildman–Crippen LogP) is 4.64. The molecule has 1 aromatic heterocycles. The van der Waals surface area contributed by atoms with Gasteiger partial charge in [0.25, 0.3) is 0 Å². The van der Waals surface area contributed by atoms with Crippen molar-refractivity contribution in [1.82, 2.24) is 10.3 Å². The Morgan fingerprint density at radius 2 is 1.87 bits per heavy atom. The van der Waals surface area contributed by atoms with Gasteiger partial charge in [-0.3, -0.25) is 9.69 Å². The number of rotatable bonds is 11. The highest BCUT2D eigenvalue weighted by Gasteiger charge is 2.16. The third-order valence-corrected chi connectivity index (χ3v) is 4.75. The van der Waals surface area contributed by atoms with Crippen LogP contribution in [0.25, 0.3) is 11.3 Å². The van der Waals surface area contributed by atoms with E-state index in [1.54, 1.807) is 13.1 Å². The lowest BCUT2D eigenvalue weighted by Crippen LogP contribution is -2.38. The molecular formula is C23H31N3O4. The van der Waals surface area contributed by atoms with E-state index in [0.717, 1.165) is 36.1 Å². The summed E-state index contributed by atoms with van der Waals surface area (Å²) in [5.74, 6) is -0.342. The number of pyridine rings is 1. The molecule has 1 heterocycles. The number of hydrogen-bond acceptors (Lipinski definition) is 4. The monoisotopic (exact) mass is 413 g/mol. The largest absolute Gasteiger partial charge is 0.481 e. The normalized spacial score (nSPS) is 11.7. The second kappa shape index (κ2) is 11.9. The van der Waals surface area contributed by atoms with Gasteiger partial charge in [-0.1, -0.05) is 50.1 Å². The molecule has 2 amide bonds. The molecule has 1 aromatic carbocycles. The Bertz CT molecular complexity index is 823. The first kappa shape index (κ1) is 23.3. The second-order valence-electron chi connectivity index (χ2n) is 7.04. The molecule has 0 unspecified atom stereocenters. The lowest BCUT2D eigenvalue weighted by molar-refractivity contribution is -0.140. The quantitative estimate of drug-likeness (QED) is 0.524. The van der Waals surface area contributed by atoms with Crippen LogP contribution in [0.4, 0.5) is 10.6 Å². The molecule has 7 nitrogen and oxygen atoms in total. The van der Waals surface area contributed by atoms with Crippen molar-refractivity contribution in [3.63, 3.8) is 0 Å². The number of benzene rings is 1. The van der Waals surface area contributed by atoms with Gasteiger partial charge in [-0.15, -0.1) is 0 Å². The summed E-state index contributed by atoms with van der Waals surface area (Å²) < 4.78 is 5.56. The second-order valence-corrected chi connectivity index (χ2v) is 7.04. The number of nitrogens with zero attached hydrogens (tertiary/aromatic N) is 2. The summed E-state index contributed by atoms with van der Waals surface area (Å²) in [6, 6.07) is 12.8. The fraction of sp³-hybridized carbons (Fsp3) is 0.435. The number of nitrogens with one attached hydrogen (secondary N) is 1. The number of anilines is 1. The van der Waals surface area contributed by atoms with Crippen LogP contribution in [0.2, 0.25) is 0 Å². The van der Waals surface area contributed by atoms with Gasteiger partial charge in [0.2, 0.25) is 0 Å². The van der Waals surface area contributed by atoms with Crippen molar-refractivity contribution in [1.29, 1.82) is 0 Å². The van der Waals surface area contributed by atoms with Gasteiger partial charge in [-0.25, -0.2) is 9.78 Å². The molecular weight excluding hydrogens is 382 g/mol. The Labute approximate surface area is 178 Å². The summed E-state index contributed by atoms with van der Waals surface area (Å²) in [4.78, 5) is 29.5. The van der Waals surface area contributed by atoms with Crippen LogP contribution in [0.1, 0.15) is 51.2 Å². The molecule has 0 saturated carbocycles. The van der Waals surface area contributed by atoms with Gasteiger partial charge >= 0.3 is 12.0 Å². The number of aromatic nitrogens is 1. The van der Waals surface area contributed by atoms with Gasteiger partial charge in [-0.05, 0) is 31.0 Å². The zero-order chi connectivity index (χ0) is 21.9. The van der Waals surface area contributed by atoms with E-state index < -0.39 is 12.1 Å². The fourth-order valence-corrected chi connectivity index (χ4v) is 3.07. The fourth-order valence-electron chi connectivity index (χ4n) is 3.07. The molecule has 0 fully saturated rings. The molecule has 0 aliphatic heterocycles. The Morgan fingerprint density at radius 3 is 2.50 bits per heavy atom. The van der Waals surface area contributed by atoms with E-state index in [2.05, 4.69) is 17.2 Å². The van der Waals surface area contributed by atoms with Crippen molar-refractivity contribution >= 4 is 17.8 Å². The van der Waals surface area contributed by atoms with Crippen molar-refractivity contribution in [2.45, 2.75) is 45.6 Å². The van der Waals surface area contributed by atoms with Crippen LogP contribution in [0, 0.1) is 0 Å². The number of unbranched alkanes of at least 4 members (excludes halogenated alkanes) is 2. The molecule has 1 atom stereocenters. The average molecular weight is 414 g/mol. The zero-order valence-corrected chi connectivity index (χ0v) is 17.9. The number of ether oxygens (including phenoxy) is 1. The van der Waals surface area contributed by atoms with Gasteiger partial charge in [0, 0.05) is 25.8 Å². The molecule has 162 valence electrons. The summed E-state index contributed by atoms with van der Waals surface area (Å²) in [7, 11) is 1.70. The molecule has 0 aliphatic rings. The molecule has 0 bridgehead atoms. The predicted molar refractivity (Wildman–Crippen MR) is 118 cm³/mol. The van der Waals surface area contributed by atoms with Crippen molar-refractivity contribution in [3.05, 3.63) is 48.0 Å². The molecule has 30 heavy (non-hydrogen) atoms. The van der Waals surface area contributed by atoms with E-state index in [9.17, 15) is 9.59 Å². The summed E-state index contributed by atoms with van der Waals surface area (Å²) in [6.45, 7) is 5.06. The highest BCUT2D eigenvalue weighted by atomic mass is 16.5. The van der Waals surface area contributed by atoms with Crippen molar-refractivity contribution < 1.29 is 19.4 Å². The van der Waals surface area contributed by atoms with Crippen LogP contribution in [-0.2, 0) is 9.53 Å². The number of carbonyl (C=O) groups excluding carboxylic acids is 1. The molecule has 0 saturated heterocycles. The minimum Gasteiger partial charge on any atom is -0.481 e. The Kier molecular flexibility index (Phi) is 9.28. The molecule has 2 aromatic rings. The number of aliphatic carboxylic acids is 1. The third kappa shape index (κ3) is 6.84. The molecule has 0 spiro atoms. The number of carboxylic acids is 1. The molecule has 2 rings (SSSR count). The minimum atomic E-state index is -0.900. The number of carbonyl (C=O) groups is 2. The summed E-state index contributed by atoms with van der Waals surface area (Å²) in [6.07, 6.45) is 2.59. The highest BCUT2D eigenvalue weighted by molar-refractivity contribution is 5.90. The maximum absolute atomic E-state index is 12.3. The van der Waals surface area contributed by atoms with Crippen LogP contribution >= 0.6 is 0 Å². The summed E-state index contributed by atoms with van der Waals surface area (Å²) >= 11 is 0. The number of hydrogen-bond donors (Lipinski definition) is 2. The smallest absolute Gasteiger partial charge is 0.322 e. The minimum absolute atomic E-state index is 0.0842. The number of carboxylic acid groups (broad SMARTS) is 1. The lowest BCUT2D eigenvalue weighted by Gasteiger charge is -2.18. The van der Waals surface area contributed by atoms with E-state index >= 15 is 0 Å². The average Bonchev–Trinajstić information content (AvgIpc) is 2.75. The van der Waals surface area contributed by atoms with Crippen LogP contribution in [0.3, 0.4) is 0 Å². The van der Waals surface area contributed by atoms with E-state index in [0.29, 0.717) is 19.0 Å². The lowest BCUT2D eigenvalue weighted by atomic mass is 10.0. The Hall–Kier alpha value is -2.93. The summed E-state index contributed by atoms with van der Waals surface area (Å²) in [5, 5.41) is 12.0. The highest BCUT2D eigenvalue weighted by Crippen LogP contribution is 2.26. The number of urea groups is 1. The molecule has 0 aliphatic carbocycles. The SMILES string of the molecule is CCCCCNC(=O)N(C)c1cccc(-c2ccc([C@H](CC(=O)O)OCC)cc2)n1. The maximum atomic E-state index is 12.3. The first-order valence-electron chi connectivity index (χ1n) is 10.4. The molecule has 0 radical (unpaired) electrons. The van der Waals surface area contributed by atoms with Crippen LogP contribution in [0.5, 0.6) is 0 Å². The van der Waals surface area contributed by atoms with Crippen molar-refractivity contribution in [2.75, 3.05) is 25.1 Å². The van der Waals surface area contributed by atoms with Gasteiger partial charge < -0.3 is 15.2 Å². The van der Waals surface area contributed by atoms with Gasteiger partial charge in [0.15, 0.2) is 0 Å². The van der Waals surface area contributed by atoms with Crippen LogP contribution < -0.4 is 10.2 Å². The molecule has 2 N–H and O–H groups in total. The number of amides is 2. The Balaban J connectivity index is 2.11. The van der Waals surface area contributed by atoms with Gasteiger partial charge in [0.05, 0.1) is 18.2 Å². The van der Waals surface area contributed by atoms with Crippen molar-refractivity contribution in [3.8, 4) is 11.3 Å². The third-order valence-electron chi connectivity index (χ3n) is 4.75. The van der Waals surface area contributed by atoms with Gasteiger partial charge in [-0.2, -0.15) is 0 Å². The van der Waals surface area contributed by atoms with E-state index in [-0.39, 0.29) is 12.5 Å². The van der Waals surface area contributed by atoms with Crippen LogP contribution in [-0.4, -0.2) is 42.3 Å². The topological polar surface area (TPSA) is 91.8 Å². The van der Waals surface area contributed by atoms with E-state index in [4.69, 9.17) is 9.84 Å². The first-order valence-corrected chi connectivity index (χ1v) is 10.4. The van der Waals surface area contributed by atoms with Gasteiger partial charge in [0.1, 0.15) is 5.82 Å². The standard InChI is InChI=1S/C23H31N3O4/c1-4-6-7-15-24-23(29)26(3)21-10-8-9-19(25-21)17-11-13-18(14-12-17)20(30-5-2)16-22(27)28/h8-14,20H,4-7,15-16H2,1-3H3,(H,24,29)(H,27,28)/t20-/m0/s1. The summed E-state index contributed by atoms with van der Waals surface area (Å²) in [5.41, 5.74) is 2.42. The first-order chi connectivity index (χ1) is 14.5. The van der Waals surface area contributed by atoms with E-state index in [1.807, 2.05) is 43.3 Å². The van der Waals surface area contributed by atoms with Crippen LogP contribution in [0.15, 0.2) is 42.5 Å². The van der Waals surface area contributed by atoms with E-state index in [1.165, 1.54) is 4.90 Å². The molecule has 7 heteroatoms. The van der Waals surface area contributed by atoms with Crippen molar-refractivity contribution in [2.24, 2.45) is 0 Å². The maximum Gasteiger partial charge on any atom is 0.322 e. The zero-order valence-electron chi connectivity index (χ0n) is 17.9. The Morgan fingerprint density at radius 1 is 1.13 bits per heavy atom.